The number of aliphatic imine (C=N–C) groups is 2. The van der Waals surface area contributed by atoms with Gasteiger partial charge in [0.25, 0.3) is 0 Å². The van der Waals surface area contributed by atoms with Gasteiger partial charge >= 0.3 is 0 Å². The second-order valence-corrected chi connectivity index (χ2v) is 5.77. The Labute approximate surface area is 118 Å². The van der Waals surface area contributed by atoms with E-state index in [0.717, 1.165) is 52.4 Å². The predicted molar refractivity (Wildman–Crippen MR) is 77.3 cm³/mol. The molecule has 0 aromatic heterocycles. The Kier molecular flexibility index (Phi) is 2.03. The van der Waals surface area contributed by atoms with Gasteiger partial charge in [-0.15, -0.1) is 0 Å². The van der Waals surface area contributed by atoms with Gasteiger partial charge < -0.3 is 19.6 Å². The zero-order chi connectivity index (χ0) is 13.1. The van der Waals surface area contributed by atoms with Gasteiger partial charge in [0.15, 0.2) is 0 Å². The molecule has 0 saturated heterocycles. The summed E-state index contributed by atoms with van der Waals surface area (Å²) in [5.74, 6) is 3.64. The SMILES string of the molecule is C1=CN2CCN3CCN=C3C3=C2N1CCN1CCN=C31. The number of hydrogen-bond donors (Lipinski definition) is 0. The summed E-state index contributed by atoms with van der Waals surface area (Å²) in [5, 5.41) is 0. The molecular weight excluding hydrogens is 252 g/mol. The van der Waals surface area contributed by atoms with Gasteiger partial charge in [-0.25, -0.2) is 0 Å². The van der Waals surface area contributed by atoms with Crippen LogP contribution in [0.5, 0.6) is 0 Å². The Morgan fingerprint density at radius 2 is 1.25 bits per heavy atom. The summed E-state index contributed by atoms with van der Waals surface area (Å²) in [6, 6.07) is 0. The van der Waals surface area contributed by atoms with Crippen LogP contribution in [-0.2, 0) is 0 Å². The van der Waals surface area contributed by atoms with Crippen LogP contribution >= 0.6 is 0 Å². The lowest BCUT2D eigenvalue weighted by Crippen LogP contribution is -2.37. The van der Waals surface area contributed by atoms with E-state index < -0.39 is 0 Å². The largest absolute Gasteiger partial charge is 0.353 e. The number of amidine groups is 2. The minimum Gasteiger partial charge on any atom is -0.353 e. The van der Waals surface area contributed by atoms with Crippen molar-refractivity contribution in [3.05, 3.63) is 23.8 Å². The van der Waals surface area contributed by atoms with E-state index in [1.165, 1.54) is 23.1 Å². The molecular formula is C14H18N6. The first-order valence-electron chi connectivity index (χ1n) is 7.47. The summed E-state index contributed by atoms with van der Waals surface area (Å²) >= 11 is 0. The van der Waals surface area contributed by atoms with Crippen LogP contribution in [0.1, 0.15) is 0 Å². The van der Waals surface area contributed by atoms with Crippen LogP contribution < -0.4 is 0 Å². The Hall–Kier alpha value is -1.98. The molecule has 5 aliphatic heterocycles. The van der Waals surface area contributed by atoms with Crippen molar-refractivity contribution in [2.75, 3.05) is 52.4 Å². The van der Waals surface area contributed by atoms with Gasteiger partial charge in [0.2, 0.25) is 0 Å². The number of fused-ring (bicyclic) bond motifs is 4. The van der Waals surface area contributed by atoms with Gasteiger partial charge in [0.1, 0.15) is 17.5 Å². The summed E-state index contributed by atoms with van der Waals surface area (Å²) in [6.07, 6.45) is 4.42. The van der Waals surface area contributed by atoms with Gasteiger partial charge in [-0.3, -0.25) is 9.98 Å². The molecule has 5 heterocycles. The molecule has 0 radical (unpaired) electrons. The maximum atomic E-state index is 4.80. The van der Waals surface area contributed by atoms with Gasteiger partial charge in [0, 0.05) is 51.7 Å². The molecule has 0 N–H and O–H groups in total. The molecule has 6 nitrogen and oxygen atoms in total. The molecule has 0 saturated carbocycles. The molecule has 0 bridgehead atoms. The third-order valence-corrected chi connectivity index (χ3v) is 4.73. The van der Waals surface area contributed by atoms with Crippen molar-refractivity contribution in [2.45, 2.75) is 0 Å². The van der Waals surface area contributed by atoms with Crippen LogP contribution in [0.3, 0.4) is 0 Å². The minimum absolute atomic E-state index is 0.923. The molecule has 0 amide bonds. The molecule has 0 atom stereocenters. The van der Waals surface area contributed by atoms with Crippen molar-refractivity contribution in [2.24, 2.45) is 9.98 Å². The maximum Gasteiger partial charge on any atom is 0.138 e. The Bertz CT molecular complexity index is 538. The molecule has 20 heavy (non-hydrogen) atoms. The van der Waals surface area contributed by atoms with Crippen LogP contribution in [0, 0.1) is 0 Å². The van der Waals surface area contributed by atoms with Crippen LogP contribution in [0.15, 0.2) is 33.8 Å². The lowest BCUT2D eigenvalue weighted by atomic mass is 10.2. The topological polar surface area (TPSA) is 37.7 Å². The van der Waals surface area contributed by atoms with E-state index in [1.807, 2.05) is 0 Å². The molecule has 0 fully saturated rings. The fourth-order valence-corrected chi connectivity index (χ4v) is 3.75. The monoisotopic (exact) mass is 270 g/mol. The minimum atomic E-state index is 0.923. The van der Waals surface area contributed by atoms with Gasteiger partial charge in [-0.05, 0) is 0 Å². The van der Waals surface area contributed by atoms with Crippen LogP contribution in [0.4, 0.5) is 0 Å². The number of hydrogen-bond acceptors (Lipinski definition) is 6. The van der Waals surface area contributed by atoms with E-state index in [9.17, 15) is 0 Å². The van der Waals surface area contributed by atoms with Gasteiger partial charge in [-0.2, -0.15) is 0 Å². The number of rotatable bonds is 0. The van der Waals surface area contributed by atoms with Crippen molar-refractivity contribution < 1.29 is 0 Å². The van der Waals surface area contributed by atoms with Crippen LogP contribution in [0.2, 0.25) is 0 Å². The fraction of sp³-hybridized carbons (Fsp3) is 0.571. The van der Waals surface area contributed by atoms with Crippen LogP contribution in [0.25, 0.3) is 0 Å². The Morgan fingerprint density at radius 1 is 0.700 bits per heavy atom. The van der Waals surface area contributed by atoms with Crippen molar-refractivity contribution in [3.8, 4) is 0 Å². The van der Waals surface area contributed by atoms with Gasteiger partial charge in [-0.1, -0.05) is 0 Å². The molecule has 5 aliphatic rings. The second kappa shape index (κ2) is 3.77. The highest BCUT2D eigenvalue weighted by Crippen LogP contribution is 2.32. The van der Waals surface area contributed by atoms with Crippen molar-refractivity contribution >= 4 is 11.7 Å². The lowest BCUT2D eigenvalue weighted by Gasteiger charge is -2.23. The smallest absolute Gasteiger partial charge is 0.138 e. The molecule has 6 heteroatoms. The van der Waals surface area contributed by atoms with E-state index in [-0.39, 0.29) is 0 Å². The van der Waals surface area contributed by atoms with E-state index in [0.29, 0.717) is 0 Å². The average molecular weight is 270 g/mol. The van der Waals surface area contributed by atoms with Crippen molar-refractivity contribution in [1.29, 1.82) is 0 Å². The van der Waals surface area contributed by atoms with Gasteiger partial charge in [0.05, 0.1) is 18.7 Å². The summed E-state index contributed by atoms with van der Waals surface area (Å²) in [6.45, 7) is 8.14. The third kappa shape index (κ3) is 1.29. The molecule has 0 aromatic carbocycles. The van der Waals surface area contributed by atoms with Crippen molar-refractivity contribution in [1.82, 2.24) is 19.6 Å². The second-order valence-electron chi connectivity index (χ2n) is 5.77. The molecule has 0 unspecified atom stereocenters. The molecule has 0 aromatic rings. The molecule has 0 spiro atoms. The summed E-state index contributed by atoms with van der Waals surface area (Å²) in [7, 11) is 0. The average Bonchev–Trinajstić information content (AvgIpc) is 3.15. The molecule has 0 aliphatic carbocycles. The summed E-state index contributed by atoms with van der Waals surface area (Å²) in [5.41, 5.74) is 1.26. The summed E-state index contributed by atoms with van der Waals surface area (Å²) < 4.78 is 0. The molecule has 5 rings (SSSR count). The van der Waals surface area contributed by atoms with Crippen LogP contribution in [-0.4, -0.2) is 83.6 Å². The highest BCUT2D eigenvalue weighted by Gasteiger charge is 2.40. The molecule has 104 valence electrons. The maximum absolute atomic E-state index is 4.80. The van der Waals surface area contributed by atoms with E-state index in [1.54, 1.807) is 0 Å². The zero-order valence-corrected chi connectivity index (χ0v) is 11.5. The fourth-order valence-electron chi connectivity index (χ4n) is 3.75. The standard InChI is InChI=1S/C14H18N6/c1-3-17-5-7-19-9-10-20-8-6-18-4-2-16-13(18)11(14(19)20)12(17)15-1/h9-10H,1-8H2. The normalized spacial score (nSPS) is 27.2. The van der Waals surface area contributed by atoms with E-state index >= 15 is 0 Å². The Balaban J connectivity index is 1.74. The highest BCUT2D eigenvalue weighted by atomic mass is 15.4. The lowest BCUT2D eigenvalue weighted by molar-refractivity contribution is 0.323. The van der Waals surface area contributed by atoms with E-state index in [2.05, 4.69) is 32.0 Å². The first-order chi connectivity index (χ1) is 9.92. The first-order valence-corrected chi connectivity index (χ1v) is 7.47. The third-order valence-electron chi connectivity index (χ3n) is 4.73. The number of nitrogens with zero attached hydrogens (tertiary/aromatic N) is 6. The van der Waals surface area contributed by atoms with E-state index in [4.69, 9.17) is 9.98 Å². The quantitative estimate of drug-likeness (QED) is 0.608. The zero-order valence-electron chi connectivity index (χ0n) is 11.5. The first kappa shape index (κ1) is 10.8. The summed E-state index contributed by atoms with van der Waals surface area (Å²) in [4.78, 5) is 19.2. The predicted octanol–water partition coefficient (Wildman–Crippen LogP) is -0.258. The van der Waals surface area contributed by atoms with Crippen molar-refractivity contribution in [3.63, 3.8) is 0 Å². The highest BCUT2D eigenvalue weighted by molar-refractivity contribution is 6.24. The Morgan fingerprint density at radius 3 is 1.80 bits per heavy atom.